The summed E-state index contributed by atoms with van der Waals surface area (Å²) in [6.45, 7) is 9.61. The zero-order chi connectivity index (χ0) is 14.4. The quantitative estimate of drug-likeness (QED) is 0.877. The minimum absolute atomic E-state index is 0.00990. The highest BCUT2D eigenvalue weighted by Crippen LogP contribution is 2.40. The Hall–Kier alpha value is -1.36. The van der Waals surface area contributed by atoms with Crippen molar-refractivity contribution in [2.75, 3.05) is 0 Å². The Morgan fingerprint density at radius 2 is 2.16 bits per heavy atom. The summed E-state index contributed by atoms with van der Waals surface area (Å²) in [5.41, 5.74) is 0.865. The van der Waals surface area contributed by atoms with Crippen molar-refractivity contribution in [3.05, 3.63) is 17.0 Å². The lowest BCUT2D eigenvalue weighted by atomic mass is 9.64. The number of rotatable bonds is 3. The summed E-state index contributed by atoms with van der Waals surface area (Å²) in [5, 5.41) is 16.6. The molecule has 19 heavy (non-hydrogen) atoms. The molecule has 1 amide bonds. The van der Waals surface area contributed by atoms with E-state index >= 15 is 0 Å². The van der Waals surface area contributed by atoms with Gasteiger partial charge in [0, 0.05) is 17.4 Å². The number of carbonyl (C=O) groups is 1. The zero-order valence-corrected chi connectivity index (χ0v) is 12.2. The van der Waals surface area contributed by atoms with Crippen LogP contribution in [0.1, 0.15) is 61.8 Å². The molecule has 5 nitrogen and oxygen atoms in total. The van der Waals surface area contributed by atoms with Crippen molar-refractivity contribution in [3.8, 4) is 0 Å². The second kappa shape index (κ2) is 4.63. The van der Waals surface area contributed by atoms with Gasteiger partial charge in [-0.1, -0.05) is 32.9 Å². The Balaban J connectivity index is 2.16. The van der Waals surface area contributed by atoms with E-state index in [0.29, 0.717) is 23.4 Å². The summed E-state index contributed by atoms with van der Waals surface area (Å²) in [6, 6.07) is -0.00990. The van der Waals surface area contributed by atoms with Crippen molar-refractivity contribution in [2.45, 2.75) is 59.1 Å². The molecule has 1 heterocycles. The highest BCUT2D eigenvalue weighted by Gasteiger charge is 2.48. The molecule has 5 heteroatoms. The maximum atomic E-state index is 12.4. The standard InChI is InChI=1S/C14H22N2O3/c1-7(2)12-11(8(3)16-19-12)13(18)15-9-6-10(17)14(9,4)5/h7,9-10,17H,6H2,1-5H3,(H,15,18). The van der Waals surface area contributed by atoms with Gasteiger partial charge in [-0.2, -0.15) is 0 Å². The van der Waals surface area contributed by atoms with Crippen LogP contribution >= 0.6 is 0 Å². The van der Waals surface area contributed by atoms with Gasteiger partial charge in [0.1, 0.15) is 5.56 Å². The number of aliphatic hydroxyl groups is 1. The fourth-order valence-electron chi connectivity index (χ4n) is 2.44. The SMILES string of the molecule is Cc1noc(C(C)C)c1C(=O)NC1CC(O)C1(C)C. The molecule has 2 atom stereocenters. The third-order valence-corrected chi connectivity index (χ3v) is 4.16. The van der Waals surface area contributed by atoms with Gasteiger partial charge in [-0.15, -0.1) is 0 Å². The Morgan fingerprint density at radius 3 is 2.63 bits per heavy atom. The van der Waals surface area contributed by atoms with Crippen LogP contribution in [0.2, 0.25) is 0 Å². The number of nitrogens with zero attached hydrogens (tertiary/aromatic N) is 1. The minimum Gasteiger partial charge on any atom is -0.392 e. The minimum atomic E-state index is -0.356. The Bertz CT molecular complexity index is 491. The van der Waals surface area contributed by atoms with Gasteiger partial charge in [0.2, 0.25) is 0 Å². The molecule has 0 aromatic carbocycles. The van der Waals surface area contributed by atoms with Crippen molar-refractivity contribution in [1.29, 1.82) is 0 Å². The molecule has 106 valence electrons. The van der Waals surface area contributed by atoms with E-state index in [0.717, 1.165) is 0 Å². The molecule has 1 aliphatic carbocycles. The monoisotopic (exact) mass is 266 g/mol. The number of aromatic nitrogens is 1. The van der Waals surface area contributed by atoms with Crippen molar-refractivity contribution in [2.24, 2.45) is 5.41 Å². The number of aryl methyl sites for hydroxylation is 1. The van der Waals surface area contributed by atoms with E-state index in [-0.39, 0.29) is 29.4 Å². The largest absolute Gasteiger partial charge is 0.392 e. The van der Waals surface area contributed by atoms with Crippen LogP contribution in [0.25, 0.3) is 0 Å². The summed E-state index contributed by atoms with van der Waals surface area (Å²) < 4.78 is 5.22. The van der Waals surface area contributed by atoms with Gasteiger partial charge < -0.3 is 14.9 Å². The molecule has 2 N–H and O–H groups in total. The number of hydrogen-bond acceptors (Lipinski definition) is 4. The van der Waals surface area contributed by atoms with Gasteiger partial charge >= 0.3 is 0 Å². The molecule has 0 radical (unpaired) electrons. The van der Waals surface area contributed by atoms with Gasteiger partial charge in [0.05, 0.1) is 11.8 Å². The van der Waals surface area contributed by atoms with Crippen molar-refractivity contribution in [1.82, 2.24) is 10.5 Å². The van der Waals surface area contributed by atoms with Crippen LogP contribution in [0.4, 0.5) is 0 Å². The molecule has 0 spiro atoms. The Labute approximate surface area is 113 Å². The second-order valence-corrected chi connectivity index (χ2v) is 6.26. The maximum Gasteiger partial charge on any atom is 0.257 e. The van der Waals surface area contributed by atoms with Crippen LogP contribution in [0.3, 0.4) is 0 Å². The Morgan fingerprint density at radius 1 is 1.53 bits per heavy atom. The molecule has 1 aliphatic rings. The first-order chi connectivity index (χ1) is 8.75. The predicted molar refractivity (Wildman–Crippen MR) is 71.0 cm³/mol. The average molecular weight is 266 g/mol. The van der Waals surface area contributed by atoms with E-state index in [4.69, 9.17) is 4.52 Å². The third kappa shape index (κ3) is 2.27. The molecule has 1 fully saturated rings. The number of carbonyl (C=O) groups excluding carboxylic acids is 1. The van der Waals surface area contributed by atoms with E-state index in [1.807, 2.05) is 27.7 Å². The van der Waals surface area contributed by atoms with E-state index in [1.165, 1.54) is 0 Å². The van der Waals surface area contributed by atoms with E-state index in [2.05, 4.69) is 10.5 Å². The van der Waals surface area contributed by atoms with Crippen LogP contribution < -0.4 is 5.32 Å². The lowest BCUT2D eigenvalue weighted by Gasteiger charge is -2.49. The van der Waals surface area contributed by atoms with Gasteiger partial charge in [-0.3, -0.25) is 4.79 Å². The summed E-state index contributed by atoms with van der Waals surface area (Å²) in [6.07, 6.45) is 0.242. The summed E-state index contributed by atoms with van der Waals surface area (Å²) in [4.78, 5) is 12.4. The van der Waals surface area contributed by atoms with E-state index < -0.39 is 0 Å². The molecule has 0 bridgehead atoms. The molecule has 0 saturated heterocycles. The van der Waals surface area contributed by atoms with Gasteiger partial charge in [-0.25, -0.2) is 0 Å². The molecule has 2 rings (SSSR count). The first kappa shape index (κ1) is 14.1. The van der Waals surface area contributed by atoms with Crippen LogP contribution in [-0.4, -0.2) is 28.3 Å². The maximum absolute atomic E-state index is 12.4. The van der Waals surface area contributed by atoms with Crippen LogP contribution in [-0.2, 0) is 0 Å². The zero-order valence-electron chi connectivity index (χ0n) is 12.2. The molecule has 2 unspecified atom stereocenters. The molecule has 1 saturated carbocycles. The van der Waals surface area contributed by atoms with Crippen LogP contribution in [0, 0.1) is 12.3 Å². The fraction of sp³-hybridized carbons (Fsp3) is 0.714. The number of nitrogens with one attached hydrogen (secondary N) is 1. The van der Waals surface area contributed by atoms with E-state index in [9.17, 15) is 9.90 Å². The topological polar surface area (TPSA) is 75.4 Å². The highest BCUT2D eigenvalue weighted by atomic mass is 16.5. The summed E-state index contributed by atoms with van der Waals surface area (Å²) >= 11 is 0. The first-order valence-corrected chi connectivity index (χ1v) is 6.70. The number of amides is 1. The first-order valence-electron chi connectivity index (χ1n) is 6.70. The highest BCUT2D eigenvalue weighted by molar-refractivity contribution is 5.96. The molecule has 0 aliphatic heterocycles. The summed E-state index contributed by atoms with van der Waals surface area (Å²) in [7, 11) is 0. The van der Waals surface area contributed by atoms with Gasteiger partial charge in [0.15, 0.2) is 5.76 Å². The molecular weight excluding hydrogens is 244 g/mol. The molecular formula is C14H22N2O3. The van der Waals surface area contributed by atoms with E-state index in [1.54, 1.807) is 6.92 Å². The normalized spacial score (nSPS) is 25.2. The summed E-state index contributed by atoms with van der Waals surface area (Å²) in [5.74, 6) is 0.571. The fourth-order valence-corrected chi connectivity index (χ4v) is 2.44. The lowest BCUT2D eigenvalue weighted by Crippen LogP contribution is -2.61. The predicted octanol–water partition coefficient (Wildman–Crippen LogP) is 2.00. The van der Waals surface area contributed by atoms with Crippen molar-refractivity contribution in [3.63, 3.8) is 0 Å². The van der Waals surface area contributed by atoms with Gasteiger partial charge in [0.25, 0.3) is 5.91 Å². The van der Waals surface area contributed by atoms with Crippen LogP contribution in [0.5, 0.6) is 0 Å². The average Bonchev–Trinajstić information content (AvgIpc) is 2.70. The van der Waals surface area contributed by atoms with Crippen molar-refractivity contribution >= 4 is 5.91 Å². The molecule has 1 aromatic heterocycles. The second-order valence-electron chi connectivity index (χ2n) is 6.26. The Kier molecular flexibility index (Phi) is 3.43. The molecule has 1 aromatic rings. The number of aliphatic hydroxyl groups excluding tert-OH is 1. The van der Waals surface area contributed by atoms with Gasteiger partial charge in [-0.05, 0) is 13.3 Å². The lowest BCUT2D eigenvalue weighted by molar-refractivity contribution is -0.0689. The van der Waals surface area contributed by atoms with Crippen molar-refractivity contribution < 1.29 is 14.4 Å². The third-order valence-electron chi connectivity index (χ3n) is 4.16. The smallest absolute Gasteiger partial charge is 0.257 e. The van der Waals surface area contributed by atoms with Crippen LogP contribution in [0.15, 0.2) is 4.52 Å². The number of hydrogen-bond donors (Lipinski definition) is 2.